The van der Waals surface area contributed by atoms with Crippen molar-refractivity contribution in [2.24, 2.45) is 5.41 Å². The van der Waals surface area contributed by atoms with Crippen LogP contribution < -0.4 is 0 Å². The molecule has 3 rings (SSSR count). The molecule has 1 aliphatic heterocycles. The highest BCUT2D eigenvalue weighted by Crippen LogP contribution is 2.37. The van der Waals surface area contributed by atoms with Gasteiger partial charge < -0.3 is 20.2 Å². The molecule has 1 aromatic heterocycles. The van der Waals surface area contributed by atoms with Crippen LogP contribution in [0.4, 0.5) is 0 Å². The van der Waals surface area contributed by atoms with Crippen LogP contribution in [0.1, 0.15) is 44.4 Å². The van der Waals surface area contributed by atoms with Crippen molar-refractivity contribution in [3.63, 3.8) is 0 Å². The molecule has 3 N–H and O–H groups in total. The lowest BCUT2D eigenvalue weighted by Gasteiger charge is -2.22. The van der Waals surface area contributed by atoms with E-state index in [-0.39, 0.29) is 12.3 Å². The zero-order valence-corrected chi connectivity index (χ0v) is 21.1. The van der Waals surface area contributed by atoms with E-state index in [1.54, 1.807) is 42.2 Å². The Balaban J connectivity index is 1.61. The van der Waals surface area contributed by atoms with Crippen molar-refractivity contribution in [1.82, 2.24) is 4.90 Å². The number of likely N-dealkylation sites (tertiary alicyclic amines) is 1. The minimum absolute atomic E-state index is 0.106. The lowest BCUT2D eigenvalue weighted by atomic mass is 9.86. The van der Waals surface area contributed by atoms with Crippen molar-refractivity contribution in [3.05, 3.63) is 58.5 Å². The topological polar surface area (TPSA) is 98.1 Å². The number of thiophene rings is 1. The van der Waals surface area contributed by atoms with Crippen LogP contribution in [0.3, 0.4) is 0 Å². The highest BCUT2D eigenvalue weighted by Gasteiger charge is 2.51. The summed E-state index contributed by atoms with van der Waals surface area (Å²) in [5.74, 6) is -0.984. The number of allylic oxidation sites excluding steroid dienone is 1. The molecule has 1 amide bonds. The molecule has 1 aliphatic rings. The second kappa shape index (κ2) is 11.5. The maximum Gasteiger partial charge on any atom is 0.303 e. The molecule has 2 heterocycles. The van der Waals surface area contributed by atoms with E-state index in [1.807, 2.05) is 36.4 Å². The Bertz CT molecular complexity index is 1080. The van der Waals surface area contributed by atoms with Crippen LogP contribution in [0.25, 0.3) is 10.1 Å². The Morgan fingerprint density at radius 3 is 2.74 bits per heavy atom. The van der Waals surface area contributed by atoms with Gasteiger partial charge in [0.1, 0.15) is 0 Å². The summed E-state index contributed by atoms with van der Waals surface area (Å²) in [6.45, 7) is 3.75. The Labute approximate surface area is 209 Å². The number of aryl methyl sites for hydroxylation is 1. The summed E-state index contributed by atoms with van der Waals surface area (Å²) in [6, 6.07) is 7.40. The smallest absolute Gasteiger partial charge is 0.303 e. The number of hydrogen-bond donors (Lipinski definition) is 3. The largest absolute Gasteiger partial charge is 0.481 e. The number of nitrogens with zero attached hydrogens (tertiary/aromatic N) is 1. The number of carboxylic acid groups (broad SMARTS) is 1. The molecule has 0 spiro atoms. The normalized spacial score (nSPS) is 21.3. The molecule has 1 aromatic carbocycles. The highest BCUT2D eigenvalue weighted by molar-refractivity contribution is 7.19. The minimum atomic E-state index is -0.929. The van der Waals surface area contributed by atoms with Gasteiger partial charge in [-0.1, -0.05) is 54.1 Å². The summed E-state index contributed by atoms with van der Waals surface area (Å²) >= 11 is 8.13. The van der Waals surface area contributed by atoms with Crippen LogP contribution in [-0.2, 0) is 16.0 Å². The average Bonchev–Trinajstić information content (AvgIpc) is 3.20. The number of carbonyl (C=O) groups excluding carboxylic acids is 1. The van der Waals surface area contributed by atoms with E-state index in [2.05, 4.69) is 0 Å². The lowest BCUT2D eigenvalue weighted by Crippen LogP contribution is -2.35. The number of halogens is 1. The predicted octanol–water partition coefficient (Wildman–Crippen LogP) is 4.81. The summed E-state index contributed by atoms with van der Waals surface area (Å²) in [5, 5.41) is 31.8. The Morgan fingerprint density at radius 1 is 1.29 bits per heavy atom. The second-order valence-electron chi connectivity index (χ2n) is 9.20. The maximum absolute atomic E-state index is 12.9. The first kappa shape index (κ1) is 26.4. The average molecular weight is 506 g/mol. The quantitative estimate of drug-likeness (QED) is 0.300. The van der Waals surface area contributed by atoms with Crippen molar-refractivity contribution in [2.75, 3.05) is 6.54 Å². The number of aliphatic carboxylic acids is 1. The molecule has 0 aliphatic carbocycles. The SMILES string of the molecule is CC1(C)C(=O)N(C/C=C\CCCC(=O)O)[C@@H](/C=C/C(O)CCc2sc3ccccc3c2Cl)[C@@H]1O. The number of benzene rings is 1. The number of rotatable bonds is 11. The summed E-state index contributed by atoms with van der Waals surface area (Å²) < 4.78 is 1.12. The van der Waals surface area contributed by atoms with E-state index in [4.69, 9.17) is 16.7 Å². The van der Waals surface area contributed by atoms with Crippen molar-refractivity contribution < 1.29 is 24.9 Å². The zero-order valence-electron chi connectivity index (χ0n) is 19.5. The predicted molar refractivity (Wildman–Crippen MR) is 136 cm³/mol. The molecular formula is C26H32ClNO5S. The zero-order chi connectivity index (χ0) is 24.9. The number of aliphatic hydroxyl groups excluding tert-OH is 2. The maximum atomic E-state index is 12.9. The van der Waals surface area contributed by atoms with E-state index < -0.39 is 29.6 Å². The molecule has 2 aromatic rings. The van der Waals surface area contributed by atoms with Gasteiger partial charge in [0.05, 0.1) is 28.7 Å². The fourth-order valence-corrected chi connectivity index (χ4v) is 5.71. The number of amides is 1. The van der Waals surface area contributed by atoms with Crippen LogP contribution in [0.15, 0.2) is 48.6 Å². The fourth-order valence-electron chi connectivity index (χ4n) is 4.16. The van der Waals surface area contributed by atoms with Gasteiger partial charge in [0.15, 0.2) is 0 Å². The van der Waals surface area contributed by atoms with Crippen LogP contribution in [0, 0.1) is 5.41 Å². The molecule has 0 bridgehead atoms. The van der Waals surface area contributed by atoms with E-state index in [0.717, 1.165) is 20.0 Å². The number of fused-ring (bicyclic) bond motifs is 1. The minimum Gasteiger partial charge on any atom is -0.481 e. The summed E-state index contributed by atoms with van der Waals surface area (Å²) in [6.07, 6.45) is 7.77. The van der Waals surface area contributed by atoms with Gasteiger partial charge in [-0.3, -0.25) is 9.59 Å². The molecule has 184 valence electrons. The molecular weight excluding hydrogens is 474 g/mol. The van der Waals surface area contributed by atoms with Gasteiger partial charge in [0.2, 0.25) is 5.91 Å². The molecule has 3 atom stereocenters. The van der Waals surface area contributed by atoms with Crippen LogP contribution in [-0.4, -0.2) is 56.9 Å². The monoisotopic (exact) mass is 505 g/mol. The van der Waals surface area contributed by atoms with Gasteiger partial charge in [-0.05, 0) is 45.6 Å². The molecule has 8 heteroatoms. The first-order valence-corrected chi connectivity index (χ1v) is 12.7. The number of carbonyl (C=O) groups is 2. The van der Waals surface area contributed by atoms with Gasteiger partial charge in [-0.25, -0.2) is 0 Å². The van der Waals surface area contributed by atoms with Gasteiger partial charge in [0, 0.05) is 27.9 Å². The van der Waals surface area contributed by atoms with E-state index in [0.29, 0.717) is 32.2 Å². The second-order valence-corrected chi connectivity index (χ2v) is 10.7. The molecule has 34 heavy (non-hydrogen) atoms. The fraction of sp³-hybridized carbons (Fsp3) is 0.462. The van der Waals surface area contributed by atoms with Gasteiger partial charge in [-0.2, -0.15) is 0 Å². The Hall–Kier alpha value is -2.19. The van der Waals surface area contributed by atoms with E-state index in [9.17, 15) is 19.8 Å². The third-order valence-electron chi connectivity index (χ3n) is 6.26. The van der Waals surface area contributed by atoms with E-state index >= 15 is 0 Å². The van der Waals surface area contributed by atoms with Crippen molar-refractivity contribution in [2.45, 2.75) is 64.2 Å². The highest BCUT2D eigenvalue weighted by atomic mass is 35.5. The molecule has 1 fully saturated rings. The van der Waals surface area contributed by atoms with Crippen molar-refractivity contribution in [1.29, 1.82) is 0 Å². The van der Waals surface area contributed by atoms with Crippen molar-refractivity contribution in [3.8, 4) is 0 Å². The Morgan fingerprint density at radius 2 is 2.03 bits per heavy atom. The van der Waals surface area contributed by atoms with Gasteiger partial charge >= 0.3 is 5.97 Å². The molecule has 0 saturated carbocycles. The number of carboxylic acids is 1. The number of aliphatic hydroxyl groups is 2. The summed E-state index contributed by atoms with van der Waals surface area (Å²) in [7, 11) is 0. The van der Waals surface area contributed by atoms with Crippen LogP contribution in [0.5, 0.6) is 0 Å². The van der Waals surface area contributed by atoms with Crippen LogP contribution in [0.2, 0.25) is 5.02 Å². The standard InChI is InChI=1S/C26H32ClNO5S/c1-26(2)24(32)19(28(25(26)33)16-8-4-3-5-11-22(30)31)14-12-17(29)13-15-21-23(27)18-9-6-7-10-20(18)34-21/h4,6-10,12,14,17,19,24,29,32H,3,5,11,13,15-16H2,1-2H3,(H,30,31)/b8-4-,14-12+/t17?,19-,24-/m0/s1. The lowest BCUT2D eigenvalue weighted by molar-refractivity contribution is -0.137. The molecule has 6 nitrogen and oxygen atoms in total. The summed E-state index contributed by atoms with van der Waals surface area (Å²) in [5.41, 5.74) is -0.929. The van der Waals surface area contributed by atoms with Crippen molar-refractivity contribution >= 4 is 44.9 Å². The number of hydrogen-bond acceptors (Lipinski definition) is 5. The third kappa shape index (κ3) is 6.08. The van der Waals surface area contributed by atoms with Crippen LogP contribution >= 0.6 is 22.9 Å². The summed E-state index contributed by atoms with van der Waals surface area (Å²) in [4.78, 5) is 26.1. The number of unbranched alkanes of at least 4 members (excludes halogenated alkanes) is 1. The van der Waals surface area contributed by atoms with Gasteiger partial charge in [-0.15, -0.1) is 11.3 Å². The molecule has 1 unspecified atom stereocenters. The Kier molecular flexibility index (Phi) is 8.93. The van der Waals surface area contributed by atoms with Gasteiger partial charge in [0.25, 0.3) is 0 Å². The first-order valence-electron chi connectivity index (χ1n) is 11.5. The molecule has 1 saturated heterocycles. The first-order chi connectivity index (χ1) is 16.1. The third-order valence-corrected chi connectivity index (χ3v) is 8.04. The van der Waals surface area contributed by atoms with E-state index in [1.165, 1.54) is 0 Å². The molecule has 0 radical (unpaired) electrons.